The highest BCUT2D eigenvalue weighted by atomic mass is 16.5. The standard InChI is InChI=1S/C26H20N2O5/c29-23-5-1-3-17(25(23)31)15-27-19-7-11-21(12-8-19)33-22-13-9-20(10-14-22)28-16-18-4-2-6-24(30)26(18)32/h1-16,29-32H. The molecule has 0 bridgehead atoms. The third-order valence-electron chi connectivity index (χ3n) is 4.71. The topological polar surface area (TPSA) is 115 Å². The summed E-state index contributed by atoms with van der Waals surface area (Å²) in [6.07, 6.45) is 2.95. The maximum Gasteiger partial charge on any atom is 0.166 e. The van der Waals surface area contributed by atoms with Gasteiger partial charge in [-0.3, -0.25) is 9.98 Å². The van der Waals surface area contributed by atoms with Crippen LogP contribution in [0.5, 0.6) is 34.5 Å². The number of hydrogen-bond donors (Lipinski definition) is 4. The van der Waals surface area contributed by atoms with Crippen molar-refractivity contribution in [1.29, 1.82) is 0 Å². The van der Waals surface area contributed by atoms with E-state index in [1.54, 1.807) is 72.8 Å². The fourth-order valence-corrected chi connectivity index (χ4v) is 2.93. The largest absolute Gasteiger partial charge is 0.504 e. The molecule has 0 heterocycles. The molecular formula is C26H20N2O5. The molecule has 0 amide bonds. The highest BCUT2D eigenvalue weighted by Gasteiger charge is 2.04. The summed E-state index contributed by atoms with van der Waals surface area (Å²) >= 11 is 0. The molecule has 0 atom stereocenters. The summed E-state index contributed by atoms with van der Waals surface area (Å²) in [4.78, 5) is 8.59. The lowest BCUT2D eigenvalue weighted by atomic mass is 10.2. The van der Waals surface area contributed by atoms with E-state index in [0.29, 0.717) is 34.0 Å². The molecule has 0 unspecified atom stereocenters. The molecule has 0 fully saturated rings. The number of phenolic OH excluding ortho intramolecular Hbond substituents is 4. The lowest BCUT2D eigenvalue weighted by Crippen LogP contribution is -1.84. The minimum atomic E-state index is -0.215. The van der Waals surface area contributed by atoms with Crippen molar-refractivity contribution in [1.82, 2.24) is 0 Å². The first-order valence-corrected chi connectivity index (χ1v) is 9.97. The Labute approximate surface area is 189 Å². The first-order valence-electron chi connectivity index (χ1n) is 9.97. The molecule has 4 aromatic carbocycles. The molecule has 0 radical (unpaired) electrons. The van der Waals surface area contributed by atoms with E-state index < -0.39 is 0 Å². The van der Waals surface area contributed by atoms with E-state index in [2.05, 4.69) is 9.98 Å². The average Bonchev–Trinajstić information content (AvgIpc) is 2.83. The first-order chi connectivity index (χ1) is 16.0. The Morgan fingerprint density at radius 1 is 0.515 bits per heavy atom. The number of aliphatic imine (C=N–C) groups is 2. The number of rotatable bonds is 6. The number of benzene rings is 4. The van der Waals surface area contributed by atoms with Gasteiger partial charge in [0.05, 0.1) is 11.4 Å². The van der Waals surface area contributed by atoms with Gasteiger partial charge in [0, 0.05) is 23.6 Å². The van der Waals surface area contributed by atoms with E-state index in [1.807, 2.05) is 0 Å². The zero-order chi connectivity index (χ0) is 23.2. The third kappa shape index (κ3) is 5.29. The quantitative estimate of drug-likeness (QED) is 0.223. The van der Waals surface area contributed by atoms with Crippen molar-refractivity contribution in [3.63, 3.8) is 0 Å². The fourth-order valence-electron chi connectivity index (χ4n) is 2.93. The van der Waals surface area contributed by atoms with Gasteiger partial charge in [-0.05, 0) is 72.8 Å². The van der Waals surface area contributed by atoms with Crippen LogP contribution in [0.4, 0.5) is 11.4 Å². The molecule has 7 heteroatoms. The van der Waals surface area contributed by atoms with E-state index in [-0.39, 0.29) is 23.0 Å². The first kappa shape index (κ1) is 21.5. The molecule has 0 spiro atoms. The van der Waals surface area contributed by atoms with Crippen molar-refractivity contribution in [2.45, 2.75) is 0 Å². The summed E-state index contributed by atoms with van der Waals surface area (Å²) in [5.41, 5.74) is 2.14. The lowest BCUT2D eigenvalue weighted by Gasteiger charge is -2.06. The van der Waals surface area contributed by atoms with Crippen molar-refractivity contribution < 1.29 is 25.2 Å². The number of phenols is 4. The van der Waals surface area contributed by atoms with Crippen LogP contribution in [0.1, 0.15) is 11.1 Å². The second kappa shape index (κ2) is 9.57. The van der Waals surface area contributed by atoms with Gasteiger partial charge in [-0.2, -0.15) is 0 Å². The summed E-state index contributed by atoms with van der Waals surface area (Å²) in [5, 5.41) is 38.7. The van der Waals surface area contributed by atoms with Gasteiger partial charge in [-0.15, -0.1) is 0 Å². The van der Waals surface area contributed by atoms with E-state index in [1.165, 1.54) is 24.6 Å². The van der Waals surface area contributed by atoms with Gasteiger partial charge < -0.3 is 25.2 Å². The number of aromatic hydroxyl groups is 4. The average molecular weight is 440 g/mol. The molecule has 4 N–H and O–H groups in total. The zero-order valence-electron chi connectivity index (χ0n) is 17.3. The molecule has 33 heavy (non-hydrogen) atoms. The smallest absolute Gasteiger partial charge is 0.166 e. The maximum absolute atomic E-state index is 9.83. The Bertz CT molecular complexity index is 1210. The van der Waals surface area contributed by atoms with Gasteiger partial charge in [-0.25, -0.2) is 0 Å². The monoisotopic (exact) mass is 440 g/mol. The highest BCUT2D eigenvalue weighted by molar-refractivity contribution is 5.87. The second-order valence-corrected chi connectivity index (χ2v) is 7.04. The van der Waals surface area contributed by atoms with Gasteiger partial charge in [0.15, 0.2) is 23.0 Å². The van der Waals surface area contributed by atoms with Crippen molar-refractivity contribution in [2.75, 3.05) is 0 Å². The van der Waals surface area contributed by atoms with Crippen molar-refractivity contribution in [2.24, 2.45) is 9.98 Å². The predicted octanol–water partition coefficient (Wildman–Crippen LogP) is 5.80. The molecule has 0 saturated heterocycles. The van der Waals surface area contributed by atoms with Crippen LogP contribution in [0.25, 0.3) is 0 Å². The van der Waals surface area contributed by atoms with E-state index in [0.717, 1.165) is 0 Å². The second-order valence-electron chi connectivity index (χ2n) is 7.04. The van der Waals surface area contributed by atoms with Gasteiger partial charge in [-0.1, -0.05) is 12.1 Å². The molecule has 4 aromatic rings. The van der Waals surface area contributed by atoms with Crippen molar-refractivity contribution >= 4 is 23.8 Å². The Kier molecular flexibility index (Phi) is 6.22. The highest BCUT2D eigenvalue weighted by Crippen LogP contribution is 2.30. The van der Waals surface area contributed by atoms with Crippen molar-refractivity contribution in [3.8, 4) is 34.5 Å². The minimum absolute atomic E-state index is 0.197. The predicted molar refractivity (Wildman–Crippen MR) is 127 cm³/mol. The van der Waals surface area contributed by atoms with Crippen LogP contribution in [0, 0.1) is 0 Å². The van der Waals surface area contributed by atoms with E-state index in [9.17, 15) is 20.4 Å². The summed E-state index contributed by atoms with van der Waals surface area (Å²) in [7, 11) is 0. The van der Waals surface area contributed by atoms with Crippen LogP contribution in [0.15, 0.2) is 94.9 Å². The van der Waals surface area contributed by atoms with Crippen LogP contribution in [-0.4, -0.2) is 32.9 Å². The summed E-state index contributed by atoms with van der Waals surface area (Å²) in [6.45, 7) is 0. The van der Waals surface area contributed by atoms with Gasteiger partial charge in [0.2, 0.25) is 0 Å². The SMILES string of the molecule is Oc1cccc(C=Nc2ccc(Oc3ccc(N=Cc4cccc(O)c4O)cc3)cc2)c1O. The number of ether oxygens (including phenoxy) is 1. The van der Waals surface area contributed by atoms with Crippen LogP contribution < -0.4 is 4.74 Å². The molecule has 0 saturated carbocycles. The molecule has 164 valence electrons. The Morgan fingerprint density at radius 3 is 1.30 bits per heavy atom. The Hall–Kier alpha value is -4.78. The molecule has 7 nitrogen and oxygen atoms in total. The minimum Gasteiger partial charge on any atom is -0.504 e. The maximum atomic E-state index is 9.83. The van der Waals surface area contributed by atoms with Gasteiger partial charge in [0.1, 0.15) is 11.5 Å². The summed E-state index contributed by atoms with van der Waals surface area (Å²) in [5.74, 6) is 0.416. The van der Waals surface area contributed by atoms with Crippen LogP contribution in [0.2, 0.25) is 0 Å². The fraction of sp³-hybridized carbons (Fsp3) is 0. The molecule has 0 aliphatic rings. The molecular weight excluding hydrogens is 420 g/mol. The third-order valence-corrected chi connectivity index (χ3v) is 4.71. The molecule has 0 aliphatic carbocycles. The molecule has 4 rings (SSSR count). The van der Waals surface area contributed by atoms with Gasteiger partial charge >= 0.3 is 0 Å². The number of nitrogens with zero attached hydrogens (tertiary/aromatic N) is 2. The Morgan fingerprint density at radius 2 is 0.909 bits per heavy atom. The molecule has 0 aliphatic heterocycles. The van der Waals surface area contributed by atoms with E-state index >= 15 is 0 Å². The summed E-state index contributed by atoms with van der Waals surface area (Å²) < 4.78 is 5.83. The normalized spacial score (nSPS) is 11.3. The lowest BCUT2D eigenvalue weighted by molar-refractivity contribution is 0.403. The molecule has 0 aromatic heterocycles. The van der Waals surface area contributed by atoms with Crippen molar-refractivity contribution in [3.05, 3.63) is 96.1 Å². The van der Waals surface area contributed by atoms with Gasteiger partial charge in [0.25, 0.3) is 0 Å². The van der Waals surface area contributed by atoms with E-state index in [4.69, 9.17) is 4.74 Å². The van der Waals surface area contributed by atoms with Crippen LogP contribution >= 0.6 is 0 Å². The van der Waals surface area contributed by atoms with Crippen LogP contribution in [0.3, 0.4) is 0 Å². The van der Waals surface area contributed by atoms with Crippen LogP contribution in [-0.2, 0) is 0 Å². The Balaban J connectivity index is 1.39. The summed E-state index contributed by atoms with van der Waals surface area (Å²) in [6, 6.07) is 23.5. The number of hydrogen-bond acceptors (Lipinski definition) is 7. The zero-order valence-corrected chi connectivity index (χ0v) is 17.3. The number of para-hydroxylation sites is 2.